The van der Waals surface area contributed by atoms with E-state index in [0.29, 0.717) is 26.1 Å². The fourth-order valence-corrected chi connectivity index (χ4v) is 4.42. The van der Waals surface area contributed by atoms with Gasteiger partial charge in [-0.05, 0) is 43.0 Å². The first-order valence-electron chi connectivity index (χ1n) is 9.90. The van der Waals surface area contributed by atoms with Crippen LogP contribution in [-0.2, 0) is 6.54 Å². The maximum absolute atomic E-state index is 12.6. The molecule has 5 heteroatoms. The van der Waals surface area contributed by atoms with Crippen molar-refractivity contribution in [3.05, 3.63) is 54.2 Å². The Labute approximate surface area is 160 Å². The van der Waals surface area contributed by atoms with Crippen molar-refractivity contribution in [1.29, 1.82) is 0 Å². The topological polar surface area (TPSA) is 65.5 Å². The Morgan fingerprint density at radius 2 is 2.15 bits per heavy atom. The summed E-state index contributed by atoms with van der Waals surface area (Å²) in [6.07, 6.45) is 6.64. The Morgan fingerprint density at radius 3 is 3.00 bits per heavy atom. The third kappa shape index (κ3) is 3.98. The number of likely N-dealkylation sites (tertiary alicyclic amines) is 1. The van der Waals surface area contributed by atoms with E-state index in [1.54, 1.807) is 6.20 Å². The van der Waals surface area contributed by atoms with E-state index in [1.807, 2.05) is 41.3 Å². The lowest BCUT2D eigenvalue weighted by Gasteiger charge is -2.47. The van der Waals surface area contributed by atoms with Crippen molar-refractivity contribution in [2.75, 3.05) is 13.1 Å². The van der Waals surface area contributed by atoms with Crippen molar-refractivity contribution < 1.29 is 9.90 Å². The molecule has 1 aliphatic heterocycles. The van der Waals surface area contributed by atoms with Crippen LogP contribution in [0.2, 0.25) is 0 Å². The molecular formula is C22H27N3O2. The molecular weight excluding hydrogens is 338 g/mol. The van der Waals surface area contributed by atoms with Gasteiger partial charge in [-0.15, -0.1) is 0 Å². The number of pyridine rings is 1. The van der Waals surface area contributed by atoms with Crippen LogP contribution in [0.15, 0.2) is 48.7 Å². The minimum Gasteiger partial charge on any atom is -0.389 e. The number of rotatable bonds is 3. The predicted molar refractivity (Wildman–Crippen MR) is 105 cm³/mol. The first-order chi connectivity index (χ1) is 13.1. The van der Waals surface area contributed by atoms with E-state index in [9.17, 15) is 9.90 Å². The monoisotopic (exact) mass is 365 g/mol. The number of aromatic nitrogens is 1. The van der Waals surface area contributed by atoms with Gasteiger partial charge in [0.1, 0.15) is 0 Å². The zero-order chi connectivity index (χ0) is 18.7. The van der Waals surface area contributed by atoms with Crippen LogP contribution < -0.4 is 5.32 Å². The molecule has 142 valence electrons. The van der Waals surface area contributed by atoms with Crippen LogP contribution in [0.5, 0.6) is 0 Å². The molecule has 0 radical (unpaired) electrons. The number of nitrogens with one attached hydrogen (secondary N) is 1. The number of hydrogen-bond acceptors (Lipinski definition) is 3. The average molecular weight is 365 g/mol. The van der Waals surface area contributed by atoms with Crippen LogP contribution in [0.4, 0.5) is 4.79 Å². The molecule has 1 aromatic carbocycles. The van der Waals surface area contributed by atoms with Crippen LogP contribution in [-0.4, -0.2) is 39.7 Å². The first-order valence-corrected chi connectivity index (χ1v) is 9.90. The zero-order valence-corrected chi connectivity index (χ0v) is 15.6. The highest BCUT2D eigenvalue weighted by molar-refractivity contribution is 5.74. The normalized spacial score (nSPS) is 24.9. The van der Waals surface area contributed by atoms with Gasteiger partial charge >= 0.3 is 6.03 Å². The molecule has 2 amide bonds. The Kier molecular flexibility index (Phi) is 5.12. The third-order valence-electron chi connectivity index (χ3n) is 6.05. The van der Waals surface area contributed by atoms with E-state index >= 15 is 0 Å². The van der Waals surface area contributed by atoms with Gasteiger partial charge in [0.15, 0.2) is 0 Å². The smallest absolute Gasteiger partial charge is 0.317 e. The number of carbonyl (C=O) groups is 1. The van der Waals surface area contributed by atoms with Gasteiger partial charge in [-0.25, -0.2) is 4.79 Å². The van der Waals surface area contributed by atoms with Gasteiger partial charge in [-0.1, -0.05) is 37.1 Å². The van der Waals surface area contributed by atoms with Gasteiger partial charge in [0.2, 0.25) is 0 Å². The molecule has 27 heavy (non-hydrogen) atoms. The van der Waals surface area contributed by atoms with Crippen LogP contribution in [0.1, 0.15) is 37.7 Å². The van der Waals surface area contributed by atoms with Gasteiger partial charge in [0, 0.05) is 37.3 Å². The molecule has 2 heterocycles. The summed E-state index contributed by atoms with van der Waals surface area (Å²) in [6.45, 7) is 1.79. The Morgan fingerprint density at radius 1 is 1.22 bits per heavy atom. The predicted octanol–water partition coefficient (Wildman–Crippen LogP) is 3.59. The summed E-state index contributed by atoms with van der Waals surface area (Å²) in [4.78, 5) is 18.9. The van der Waals surface area contributed by atoms with Crippen LogP contribution in [0, 0.1) is 5.92 Å². The summed E-state index contributed by atoms with van der Waals surface area (Å²) in [5, 5.41) is 13.8. The molecule has 2 fully saturated rings. The summed E-state index contributed by atoms with van der Waals surface area (Å²) in [5.74, 6) is 0.221. The SMILES string of the molecule is O=C(NCc1cccc(-c2ccccn2)c1)N1CCC2(O)CCCCC2C1. The number of fused-ring (bicyclic) bond motifs is 1. The lowest BCUT2D eigenvalue weighted by molar-refractivity contribution is -0.0870. The number of urea groups is 1. The molecule has 2 N–H and O–H groups in total. The van der Waals surface area contributed by atoms with Crippen LogP contribution in [0.25, 0.3) is 11.3 Å². The second-order valence-electron chi connectivity index (χ2n) is 7.82. The van der Waals surface area contributed by atoms with Crippen molar-refractivity contribution >= 4 is 6.03 Å². The van der Waals surface area contributed by atoms with Gasteiger partial charge < -0.3 is 15.3 Å². The number of nitrogens with zero attached hydrogens (tertiary/aromatic N) is 2. The van der Waals surface area contributed by atoms with Crippen molar-refractivity contribution in [1.82, 2.24) is 15.2 Å². The summed E-state index contributed by atoms with van der Waals surface area (Å²) in [7, 11) is 0. The fraction of sp³-hybridized carbons (Fsp3) is 0.455. The van der Waals surface area contributed by atoms with Crippen LogP contribution >= 0.6 is 0 Å². The molecule has 5 nitrogen and oxygen atoms in total. The van der Waals surface area contributed by atoms with Gasteiger partial charge in [-0.3, -0.25) is 4.98 Å². The van der Waals surface area contributed by atoms with E-state index in [0.717, 1.165) is 42.5 Å². The molecule has 4 rings (SSSR count). The maximum Gasteiger partial charge on any atom is 0.317 e. The molecule has 0 spiro atoms. The number of benzene rings is 1. The Bertz CT molecular complexity index is 795. The first kappa shape index (κ1) is 18.0. The van der Waals surface area contributed by atoms with Gasteiger partial charge in [-0.2, -0.15) is 0 Å². The number of piperidine rings is 1. The second-order valence-corrected chi connectivity index (χ2v) is 7.82. The second kappa shape index (κ2) is 7.69. The highest BCUT2D eigenvalue weighted by atomic mass is 16.3. The molecule has 1 aromatic heterocycles. The molecule has 2 aliphatic rings. The molecule has 1 saturated carbocycles. The highest BCUT2D eigenvalue weighted by Gasteiger charge is 2.43. The van der Waals surface area contributed by atoms with Crippen molar-refractivity contribution in [2.45, 2.75) is 44.2 Å². The summed E-state index contributed by atoms with van der Waals surface area (Å²) >= 11 is 0. The van der Waals surface area contributed by atoms with E-state index in [-0.39, 0.29) is 11.9 Å². The summed E-state index contributed by atoms with van der Waals surface area (Å²) in [5.41, 5.74) is 2.48. The summed E-state index contributed by atoms with van der Waals surface area (Å²) in [6, 6.07) is 13.9. The summed E-state index contributed by atoms with van der Waals surface area (Å²) < 4.78 is 0. The van der Waals surface area contributed by atoms with Crippen LogP contribution in [0.3, 0.4) is 0 Å². The van der Waals surface area contributed by atoms with Gasteiger partial charge in [0.25, 0.3) is 0 Å². The molecule has 0 bridgehead atoms. The van der Waals surface area contributed by atoms with Crippen molar-refractivity contribution in [3.8, 4) is 11.3 Å². The fourth-order valence-electron chi connectivity index (χ4n) is 4.42. The van der Waals surface area contributed by atoms with E-state index < -0.39 is 5.60 Å². The zero-order valence-electron chi connectivity index (χ0n) is 15.6. The highest BCUT2D eigenvalue weighted by Crippen LogP contribution is 2.39. The quantitative estimate of drug-likeness (QED) is 0.874. The molecule has 2 aromatic rings. The van der Waals surface area contributed by atoms with Crippen molar-refractivity contribution in [3.63, 3.8) is 0 Å². The van der Waals surface area contributed by atoms with E-state index in [2.05, 4.69) is 16.4 Å². The Hall–Kier alpha value is -2.40. The van der Waals surface area contributed by atoms with E-state index in [4.69, 9.17) is 0 Å². The number of carbonyl (C=O) groups excluding carboxylic acids is 1. The molecule has 1 aliphatic carbocycles. The van der Waals surface area contributed by atoms with Crippen molar-refractivity contribution in [2.24, 2.45) is 5.92 Å². The largest absolute Gasteiger partial charge is 0.389 e. The third-order valence-corrected chi connectivity index (χ3v) is 6.05. The minimum atomic E-state index is -0.550. The molecule has 2 unspecified atom stereocenters. The standard InChI is InChI=1S/C22H27N3O2/c26-21(25-13-11-22(27)10-3-1-8-19(22)16-25)24-15-17-6-5-7-18(14-17)20-9-2-4-12-23-20/h2,4-7,9,12,14,19,27H,1,3,8,10-11,13,15-16H2,(H,24,26). The Balaban J connectivity index is 1.36. The maximum atomic E-state index is 12.6. The van der Waals surface area contributed by atoms with Gasteiger partial charge in [0.05, 0.1) is 11.3 Å². The number of aliphatic hydroxyl groups is 1. The molecule has 1 saturated heterocycles. The lowest BCUT2D eigenvalue weighted by Crippen LogP contribution is -2.56. The number of hydrogen-bond donors (Lipinski definition) is 2. The number of amides is 2. The lowest BCUT2D eigenvalue weighted by atomic mass is 9.71. The molecule has 2 atom stereocenters. The average Bonchev–Trinajstić information content (AvgIpc) is 2.72. The van der Waals surface area contributed by atoms with E-state index in [1.165, 1.54) is 0 Å². The minimum absolute atomic E-state index is 0.0362.